The van der Waals surface area contributed by atoms with Gasteiger partial charge in [-0.15, -0.1) is 0 Å². The lowest BCUT2D eigenvalue weighted by Gasteiger charge is -2.14. The van der Waals surface area contributed by atoms with Crippen molar-refractivity contribution in [3.8, 4) is 11.5 Å². The van der Waals surface area contributed by atoms with Gasteiger partial charge in [-0.05, 0) is 74.5 Å². The van der Waals surface area contributed by atoms with Crippen molar-refractivity contribution in [1.29, 1.82) is 0 Å². The normalized spacial score (nSPS) is 11.3. The third kappa shape index (κ3) is 5.54. The highest BCUT2D eigenvalue weighted by Crippen LogP contribution is 2.21. The first-order valence-electron chi connectivity index (χ1n) is 9.38. The Labute approximate surface area is 174 Å². The first kappa shape index (κ1) is 20.8. The fourth-order valence-electron chi connectivity index (χ4n) is 2.60. The summed E-state index contributed by atoms with van der Waals surface area (Å²) in [5.74, 6) is 0.126. The predicted octanol–water partition coefficient (Wildman–Crippen LogP) is 4.87. The molecule has 3 aromatic rings. The van der Waals surface area contributed by atoms with E-state index in [1.54, 1.807) is 48.5 Å². The standard InChI is InChI=1S/C24H21NO5/c1-16(26)18-8-12-20(13-9-18)25-23(27)17(2)29-24(28)19-10-14-22(15-11-19)30-21-6-4-3-5-7-21/h3-15,17H,1-2H3,(H,25,27)/t17-/m0/s1. The molecule has 1 atom stereocenters. The molecule has 0 heterocycles. The molecule has 1 N–H and O–H groups in total. The van der Waals surface area contributed by atoms with E-state index in [-0.39, 0.29) is 5.78 Å². The van der Waals surface area contributed by atoms with E-state index in [4.69, 9.17) is 9.47 Å². The molecule has 6 nitrogen and oxygen atoms in total. The van der Waals surface area contributed by atoms with Gasteiger partial charge < -0.3 is 14.8 Å². The van der Waals surface area contributed by atoms with Crippen molar-refractivity contribution in [2.75, 3.05) is 5.32 Å². The van der Waals surface area contributed by atoms with E-state index in [1.165, 1.54) is 13.8 Å². The van der Waals surface area contributed by atoms with Crippen molar-refractivity contribution in [1.82, 2.24) is 0 Å². The van der Waals surface area contributed by atoms with Gasteiger partial charge >= 0.3 is 5.97 Å². The quantitative estimate of drug-likeness (QED) is 0.450. The van der Waals surface area contributed by atoms with Gasteiger partial charge in [-0.3, -0.25) is 9.59 Å². The van der Waals surface area contributed by atoms with Crippen molar-refractivity contribution >= 4 is 23.3 Å². The molecule has 0 aromatic heterocycles. The molecular weight excluding hydrogens is 382 g/mol. The number of ketones is 1. The first-order valence-corrected chi connectivity index (χ1v) is 9.38. The van der Waals surface area contributed by atoms with Crippen LogP contribution in [0.25, 0.3) is 0 Å². The molecule has 0 radical (unpaired) electrons. The number of hydrogen-bond donors (Lipinski definition) is 1. The van der Waals surface area contributed by atoms with Gasteiger partial charge in [-0.2, -0.15) is 0 Å². The number of nitrogens with one attached hydrogen (secondary N) is 1. The van der Waals surface area contributed by atoms with Gasteiger partial charge in [0.25, 0.3) is 5.91 Å². The van der Waals surface area contributed by atoms with Crippen LogP contribution in [0.5, 0.6) is 11.5 Å². The molecule has 0 bridgehead atoms. The number of carbonyl (C=O) groups is 3. The number of amides is 1. The first-order chi connectivity index (χ1) is 14.4. The molecule has 152 valence electrons. The van der Waals surface area contributed by atoms with Crippen LogP contribution in [-0.2, 0) is 9.53 Å². The number of para-hydroxylation sites is 1. The molecule has 0 aliphatic carbocycles. The Hall–Kier alpha value is -3.93. The Morgan fingerprint density at radius 2 is 1.33 bits per heavy atom. The average molecular weight is 403 g/mol. The van der Waals surface area contributed by atoms with Crippen molar-refractivity contribution in [2.45, 2.75) is 20.0 Å². The zero-order chi connectivity index (χ0) is 21.5. The van der Waals surface area contributed by atoms with Gasteiger partial charge in [0.2, 0.25) is 0 Å². The summed E-state index contributed by atoms with van der Waals surface area (Å²) in [7, 11) is 0. The Morgan fingerprint density at radius 1 is 0.767 bits per heavy atom. The summed E-state index contributed by atoms with van der Waals surface area (Å²) in [4.78, 5) is 35.9. The van der Waals surface area contributed by atoms with Gasteiger partial charge in [0, 0.05) is 11.3 Å². The molecule has 3 rings (SSSR count). The summed E-state index contributed by atoms with van der Waals surface area (Å²) >= 11 is 0. The summed E-state index contributed by atoms with van der Waals surface area (Å²) in [6.45, 7) is 2.96. The highest BCUT2D eigenvalue weighted by atomic mass is 16.5. The van der Waals surface area contributed by atoms with Gasteiger partial charge in [0.05, 0.1) is 5.56 Å². The van der Waals surface area contributed by atoms with E-state index < -0.39 is 18.0 Å². The minimum Gasteiger partial charge on any atom is -0.457 e. The molecule has 0 saturated heterocycles. The van der Waals surface area contributed by atoms with Crippen LogP contribution in [-0.4, -0.2) is 23.8 Å². The molecule has 0 aliphatic heterocycles. The van der Waals surface area contributed by atoms with Gasteiger partial charge in [-0.25, -0.2) is 4.79 Å². The molecule has 6 heteroatoms. The largest absolute Gasteiger partial charge is 0.457 e. The second-order valence-electron chi connectivity index (χ2n) is 6.61. The van der Waals surface area contributed by atoms with Crippen molar-refractivity contribution < 1.29 is 23.9 Å². The second-order valence-corrected chi connectivity index (χ2v) is 6.61. The van der Waals surface area contributed by atoms with Crippen LogP contribution >= 0.6 is 0 Å². The molecule has 30 heavy (non-hydrogen) atoms. The number of hydrogen-bond acceptors (Lipinski definition) is 5. The number of esters is 1. The summed E-state index contributed by atoms with van der Waals surface area (Å²) in [6, 6.07) is 22.2. The number of anilines is 1. The lowest BCUT2D eigenvalue weighted by molar-refractivity contribution is -0.123. The number of rotatable bonds is 7. The molecule has 3 aromatic carbocycles. The molecule has 0 unspecified atom stereocenters. The van der Waals surface area contributed by atoms with E-state index in [0.717, 1.165) is 0 Å². The minimum atomic E-state index is -0.995. The van der Waals surface area contributed by atoms with Gasteiger partial charge in [-0.1, -0.05) is 18.2 Å². The summed E-state index contributed by atoms with van der Waals surface area (Å²) in [6.07, 6.45) is -0.995. The zero-order valence-electron chi connectivity index (χ0n) is 16.6. The van der Waals surface area contributed by atoms with Crippen LogP contribution in [0.15, 0.2) is 78.9 Å². The van der Waals surface area contributed by atoms with E-state index in [9.17, 15) is 14.4 Å². The number of ether oxygens (including phenoxy) is 2. The SMILES string of the molecule is CC(=O)c1ccc(NC(=O)[C@H](C)OC(=O)c2ccc(Oc3ccccc3)cc2)cc1. The third-order valence-electron chi connectivity index (χ3n) is 4.28. The van der Waals surface area contributed by atoms with Crippen LogP contribution in [0.4, 0.5) is 5.69 Å². The van der Waals surface area contributed by atoms with Gasteiger partial charge in [0.1, 0.15) is 11.5 Å². The number of carbonyl (C=O) groups excluding carboxylic acids is 3. The molecule has 1 amide bonds. The maximum Gasteiger partial charge on any atom is 0.338 e. The number of benzene rings is 3. The molecule has 0 fully saturated rings. The Bertz CT molecular complexity index is 1030. The van der Waals surface area contributed by atoms with E-state index in [0.29, 0.717) is 28.3 Å². The minimum absolute atomic E-state index is 0.0599. The van der Waals surface area contributed by atoms with E-state index in [1.807, 2.05) is 30.3 Å². The average Bonchev–Trinajstić information content (AvgIpc) is 2.75. The zero-order valence-corrected chi connectivity index (χ0v) is 16.6. The Balaban J connectivity index is 1.55. The second kappa shape index (κ2) is 9.52. The topological polar surface area (TPSA) is 81.7 Å². The van der Waals surface area contributed by atoms with Crippen LogP contribution < -0.4 is 10.1 Å². The van der Waals surface area contributed by atoms with Crippen LogP contribution in [0.3, 0.4) is 0 Å². The summed E-state index contributed by atoms with van der Waals surface area (Å²) < 4.78 is 10.9. The van der Waals surface area contributed by atoms with Crippen molar-refractivity contribution in [3.63, 3.8) is 0 Å². The van der Waals surface area contributed by atoms with Crippen LogP contribution in [0.2, 0.25) is 0 Å². The fourth-order valence-corrected chi connectivity index (χ4v) is 2.60. The Kier molecular flexibility index (Phi) is 6.60. The van der Waals surface area contributed by atoms with E-state index >= 15 is 0 Å². The summed E-state index contributed by atoms with van der Waals surface area (Å²) in [5, 5.41) is 2.65. The maximum atomic E-state index is 12.3. The Morgan fingerprint density at radius 3 is 1.93 bits per heavy atom. The lowest BCUT2D eigenvalue weighted by Crippen LogP contribution is -2.30. The molecule has 0 aliphatic rings. The molecule has 0 saturated carbocycles. The fraction of sp³-hybridized carbons (Fsp3) is 0.125. The smallest absolute Gasteiger partial charge is 0.338 e. The lowest BCUT2D eigenvalue weighted by atomic mass is 10.1. The highest BCUT2D eigenvalue weighted by Gasteiger charge is 2.19. The van der Waals surface area contributed by atoms with Crippen molar-refractivity contribution in [3.05, 3.63) is 90.0 Å². The summed E-state index contributed by atoms with van der Waals surface area (Å²) in [5.41, 5.74) is 1.36. The maximum absolute atomic E-state index is 12.3. The van der Waals surface area contributed by atoms with E-state index in [2.05, 4.69) is 5.32 Å². The third-order valence-corrected chi connectivity index (χ3v) is 4.28. The predicted molar refractivity (Wildman–Crippen MR) is 113 cm³/mol. The monoisotopic (exact) mass is 403 g/mol. The van der Waals surface area contributed by atoms with Crippen molar-refractivity contribution in [2.24, 2.45) is 0 Å². The molecular formula is C24H21NO5. The van der Waals surface area contributed by atoms with Crippen LogP contribution in [0, 0.1) is 0 Å². The van der Waals surface area contributed by atoms with Crippen LogP contribution in [0.1, 0.15) is 34.6 Å². The van der Waals surface area contributed by atoms with Gasteiger partial charge in [0.15, 0.2) is 11.9 Å². The highest BCUT2D eigenvalue weighted by molar-refractivity contribution is 5.98. The molecule has 0 spiro atoms. The number of Topliss-reactive ketones (excluding diaryl/α,β-unsaturated/α-hetero) is 1.